The maximum absolute atomic E-state index is 12.7. The predicted molar refractivity (Wildman–Crippen MR) is 144 cm³/mol. The number of carbonyl (C=O) groups excluding carboxylic acids is 2. The second kappa shape index (κ2) is 13.1. The van der Waals surface area contributed by atoms with Gasteiger partial charge in [0.25, 0.3) is 0 Å². The van der Waals surface area contributed by atoms with Crippen LogP contribution in [0.4, 0.5) is 0 Å². The summed E-state index contributed by atoms with van der Waals surface area (Å²) in [6, 6.07) is 11.7. The van der Waals surface area contributed by atoms with Gasteiger partial charge in [-0.25, -0.2) is 4.79 Å². The molecule has 0 unspecified atom stereocenters. The van der Waals surface area contributed by atoms with Crippen LogP contribution in [-0.4, -0.2) is 17.4 Å². The molecule has 0 heterocycles. The largest absolute Gasteiger partial charge is 0.454 e. The van der Waals surface area contributed by atoms with Gasteiger partial charge in [0.15, 0.2) is 5.78 Å². The van der Waals surface area contributed by atoms with Crippen molar-refractivity contribution in [1.29, 1.82) is 0 Å². The first-order chi connectivity index (χ1) is 16.5. The Balaban J connectivity index is 1.99. The Morgan fingerprint density at radius 3 is 2.11 bits per heavy atom. The highest BCUT2D eigenvalue weighted by Crippen LogP contribution is 2.28. The van der Waals surface area contributed by atoms with E-state index >= 15 is 0 Å². The van der Waals surface area contributed by atoms with Crippen molar-refractivity contribution in [2.24, 2.45) is 0 Å². The number of carbonyl (C=O) groups is 2. The van der Waals surface area contributed by atoms with Gasteiger partial charge in [0.2, 0.25) is 5.76 Å². The van der Waals surface area contributed by atoms with Crippen LogP contribution < -0.4 is 4.74 Å². The maximum Gasteiger partial charge on any atom is 0.374 e. The second-order valence-electron chi connectivity index (χ2n) is 10.1. The van der Waals surface area contributed by atoms with E-state index in [1.54, 1.807) is 32.9 Å². The topological polar surface area (TPSA) is 52.6 Å². The molecule has 0 N–H and O–H groups in total. The van der Waals surface area contributed by atoms with Gasteiger partial charge in [0, 0.05) is 5.56 Å². The third kappa shape index (κ3) is 9.56. The highest BCUT2D eigenvalue weighted by Gasteiger charge is 2.21. The van der Waals surface area contributed by atoms with Crippen LogP contribution in [0.3, 0.4) is 0 Å². The van der Waals surface area contributed by atoms with Crippen molar-refractivity contribution in [2.75, 3.05) is 0 Å². The Morgan fingerprint density at radius 2 is 1.54 bits per heavy atom. The summed E-state index contributed by atoms with van der Waals surface area (Å²) in [5, 5.41) is 0. The number of ketones is 1. The number of aryl methyl sites for hydroxylation is 3. The van der Waals surface area contributed by atoms with Crippen molar-refractivity contribution in [3.63, 3.8) is 0 Å². The van der Waals surface area contributed by atoms with Gasteiger partial charge in [0.1, 0.15) is 11.4 Å². The van der Waals surface area contributed by atoms with E-state index in [-0.39, 0.29) is 11.5 Å². The van der Waals surface area contributed by atoms with Crippen LogP contribution >= 0.6 is 0 Å². The van der Waals surface area contributed by atoms with Crippen molar-refractivity contribution < 1.29 is 19.1 Å². The summed E-state index contributed by atoms with van der Waals surface area (Å²) in [4.78, 5) is 24.8. The summed E-state index contributed by atoms with van der Waals surface area (Å²) >= 11 is 0. The fraction of sp³-hybridized carbons (Fsp3) is 0.419. The molecule has 0 fully saturated rings. The SMILES string of the molecule is C=C(Oc1c(C)cc(/C=C/C(=O)c2ccc(CCCCCCC)cc2)cc1C)C(=O)OC(C)(C)C. The predicted octanol–water partition coefficient (Wildman–Crippen LogP) is 7.95. The van der Waals surface area contributed by atoms with Crippen LogP contribution in [-0.2, 0) is 16.0 Å². The minimum atomic E-state index is -0.622. The van der Waals surface area contributed by atoms with Gasteiger partial charge in [0.05, 0.1) is 0 Å². The quantitative estimate of drug-likeness (QED) is 0.103. The number of benzene rings is 2. The number of esters is 1. The van der Waals surface area contributed by atoms with Crippen LogP contribution in [0.25, 0.3) is 6.08 Å². The fourth-order valence-corrected chi connectivity index (χ4v) is 3.78. The Kier molecular flexibility index (Phi) is 10.5. The molecule has 0 aromatic heterocycles. The van der Waals surface area contributed by atoms with Crippen LogP contribution in [0.5, 0.6) is 5.75 Å². The van der Waals surface area contributed by atoms with Gasteiger partial charge in [-0.1, -0.05) is 62.9 Å². The molecule has 0 spiro atoms. The number of rotatable bonds is 12. The van der Waals surface area contributed by atoms with Crippen molar-refractivity contribution in [3.8, 4) is 5.75 Å². The summed E-state index contributed by atoms with van der Waals surface area (Å²) in [5.74, 6) is -0.120. The molecule has 0 amide bonds. The van der Waals surface area contributed by atoms with E-state index in [1.807, 2.05) is 38.1 Å². The average Bonchev–Trinajstić information content (AvgIpc) is 2.79. The van der Waals surface area contributed by atoms with Crippen LogP contribution in [0.2, 0.25) is 0 Å². The molecule has 0 bridgehead atoms. The molecule has 0 aliphatic rings. The zero-order valence-corrected chi connectivity index (χ0v) is 22.2. The van der Waals surface area contributed by atoms with Gasteiger partial charge >= 0.3 is 5.97 Å². The molecule has 2 rings (SSSR count). The van der Waals surface area contributed by atoms with Gasteiger partial charge in [-0.05, 0) is 94.5 Å². The van der Waals surface area contributed by atoms with Crippen molar-refractivity contribution in [1.82, 2.24) is 0 Å². The van der Waals surface area contributed by atoms with Gasteiger partial charge in [-0.2, -0.15) is 0 Å². The average molecular weight is 477 g/mol. The molecule has 0 aliphatic heterocycles. The van der Waals surface area contributed by atoms with E-state index in [4.69, 9.17) is 9.47 Å². The van der Waals surface area contributed by atoms with Gasteiger partial charge in [-0.3, -0.25) is 4.79 Å². The minimum Gasteiger partial charge on any atom is -0.454 e. The van der Waals surface area contributed by atoms with Crippen LogP contribution in [0.15, 0.2) is 54.8 Å². The first-order valence-electron chi connectivity index (χ1n) is 12.5. The number of unbranched alkanes of at least 4 members (excludes halogenated alkanes) is 4. The monoisotopic (exact) mass is 476 g/mol. The molecule has 0 radical (unpaired) electrons. The fourth-order valence-electron chi connectivity index (χ4n) is 3.78. The van der Waals surface area contributed by atoms with E-state index in [1.165, 1.54) is 37.7 Å². The Bertz CT molecular complexity index is 1030. The molecule has 0 aliphatic carbocycles. The van der Waals surface area contributed by atoms with Crippen molar-refractivity contribution >= 4 is 17.8 Å². The molecule has 0 saturated heterocycles. The van der Waals surface area contributed by atoms with E-state index < -0.39 is 11.6 Å². The van der Waals surface area contributed by atoms with E-state index in [9.17, 15) is 9.59 Å². The van der Waals surface area contributed by atoms with Crippen LogP contribution in [0.1, 0.15) is 92.4 Å². The Hall–Kier alpha value is -3.14. The first-order valence-corrected chi connectivity index (χ1v) is 12.5. The molecule has 0 saturated carbocycles. The van der Waals surface area contributed by atoms with Crippen LogP contribution in [0, 0.1) is 13.8 Å². The second-order valence-corrected chi connectivity index (χ2v) is 10.1. The van der Waals surface area contributed by atoms with Gasteiger partial charge in [-0.15, -0.1) is 0 Å². The van der Waals surface area contributed by atoms with Gasteiger partial charge < -0.3 is 9.47 Å². The lowest BCUT2D eigenvalue weighted by molar-refractivity contribution is -0.152. The smallest absolute Gasteiger partial charge is 0.374 e. The molecule has 2 aromatic rings. The standard InChI is InChI=1S/C31H40O4/c1-8-9-10-11-12-13-25-14-17-27(18-15-25)28(32)19-16-26-20-22(2)29(23(3)21-26)34-24(4)30(33)35-31(5,6)7/h14-21H,4,8-13H2,1-3,5-7H3/b19-16+. The van der Waals surface area contributed by atoms with E-state index in [0.29, 0.717) is 11.3 Å². The van der Waals surface area contributed by atoms with Crippen molar-refractivity contribution in [2.45, 2.75) is 85.7 Å². The first kappa shape index (κ1) is 28.1. The molecule has 35 heavy (non-hydrogen) atoms. The summed E-state index contributed by atoms with van der Waals surface area (Å²) in [7, 11) is 0. The lowest BCUT2D eigenvalue weighted by atomic mass is 10.0. The molecular weight excluding hydrogens is 436 g/mol. The zero-order chi connectivity index (χ0) is 26.0. The molecular formula is C31H40O4. The minimum absolute atomic E-state index is 0.0339. The number of hydrogen-bond acceptors (Lipinski definition) is 4. The number of hydrogen-bond donors (Lipinski definition) is 0. The maximum atomic E-state index is 12.7. The molecule has 0 atom stereocenters. The summed E-state index contributed by atoms with van der Waals surface area (Å²) < 4.78 is 11.0. The summed E-state index contributed by atoms with van der Waals surface area (Å²) in [5.41, 5.74) is 3.89. The molecule has 188 valence electrons. The summed E-state index contributed by atoms with van der Waals surface area (Å²) in [6.45, 7) is 15.1. The Morgan fingerprint density at radius 1 is 0.943 bits per heavy atom. The highest BCUT2D eigenvalue weighted by atomic mass is 16.6. The van der Waals surface area contributed by atoms with E-state index in [2.05, 4.69) is 25.6 Å². The third-order valence-corrected chi connectivity index (χ3v) is 5.57. The van der Waals surface area contributed by atoms with E-state index in [0.717, 1.165) is 23.1 Å². The van der Waals surface area contributed by atoms with Crippen molar-refractivity contribution in [3.05, 3.63) is 82.6 Å². The zero-order valence-electron chi connectivity index (χ0n) is 22.2. The molecule has 2 aromatic carbocycles. The lowest BCUT2D eigenvalue weighted by Crippen LogP contribution is -2.26. The molecule has 4 heteroatoms. The Labute approximate surface area is 211 Å². The third-order valence-electron chi connectivity index (χ3n) is 5.57. The number of ether oxygens (including phenoxy) is 2. The lowest BCUT2D eigenvalue weighted by Gasteiger charge is -2.21. The normalized spacial score (nSPS) is 11.5. The molecule has 4 nitrogen and oxygen atoms in total. The highest BCUT2D eigenvalue weighted by molar-refractivity contribution is 6.06. The number of allylic oxidation sites excluding steroid dienone is 1. The summed E-state index contributed by atoms with van der Waals surface area (Å²) in [6.07, 6.45) is 10.8.